The number of aromatic nitrogens is 2. The molecular weight excluding hydrogens is 447 g/mol. The van der Waals surface area contributed by atoms with Crippen LogP contribution >= 0.6 is 23.2 Å². The predicted molar refractivity (Wildman–Crippen MR) is 115 cm³/mol. The highest BCUT2D eigenvalue weighted by Crippen LogP contribution is 2.28. The molecule has 0 aliphatic carbocycles. The summed E-state index contributed by atoms with van der Waals surface area (Å²) >= 11 is 12.0. The molecule has 0 bridgehead atoms. The maximum atomic E-state index is 12.9. The summed E-state index contributed by atoms with van der Waals surface area (Å²) in [7, 11) is -3.80. The molecule has 3 aromatic rings. The Labute approximate surface area is 184 Å². The van der Waals surface area contributed by atoms with Crippen LogP contribution in [0.1, 0.15) is 10.4 Å². The van der Waals surface area contributed by atoms with Crippen LogP contribution in [-0.4, -0.2) is 59.5 Å². The van der Waals surface area contributed by atoms with E-state index in [-0.39, 0.29) is 42.0 Å². The van der Waals surface area contributed by atoms with Gasteiger partial charge in [-0.1, -0.05) is 41.4 Å². The monoisotopic (exact) mass is 464 g/mol. The van der Waals surface area contributed by atoms with E-state index in [1.807, 2.05) is 30.3 Å². The van der Waals surface area contributed by atoms with E-state index in [1.165, 1.54) is 28.7 Å². The Hall–Kier alpha value is -2.39. The number of hydrogen-bond acceptors (Lipinski definition) is 4. The number of carbonyl (C=O) groups excluding carboxylic acids is 1. The van der Waals surface area contributed by atoms with Gasteiger partial charge in [0.1, 0.15) is 4.90 Å². The molecule has 1 aliphatic heterocycles. The van der Waals surface area contributed by atoms with Crippen molar-refractivity contribution in [3.8, 4) is 5.69 Å². The molecular formula is C20H18Cl2N4O3S. The zero-order valence-electron chi connectivity index (χ0n) is 15.8. The summed E-state index contributed by atoms with van der Waals surface area (Å²) in [5.74, 6) is -0.185. The van der Waals surface area contributed by atoms with Crippen LogP contribution in [0, 0.1) is 0 Å². The molecule has 1 aliphatic rings. The van der Waals surface area contributed by atoms with Crippen molar-refractivity contribution in [2.24, 2.45) is 0 Å². The minimum atomic E-state index is -3.80. The third-order valence-corrected chi connectivity index (χ3v) is 7.50. The number of sulfonamides is 1. The molecule has 1 aromatic heterocycles. The molecule has 0 unspecified atom stereocenters. The molecule has 2 heterocycles. The van der Waals surface area contributed by atoms with Crippen molar-refractivity contribution in [2.75, 3.05) is 26.2 Å². The van der Waals surface area contributed by atoms with E-state index in [0.717, 1.165) is 5.69 Å². The normalized spacial score (nSPS) is 15.3. The standard InChI is InChI=1S/C20H18Cl2N4O3S/c21-16-6-7-18(22)19(12-16)30(28,29)25-10-8-24(9-11-25)20(27)15-13-23-26(14-15)17-4-2-1-3-5-17/h1-7,12-14H,8-11H2. The molecule has 0 radical (unpaired) electrons. The molecule has 4 rings (SSSR count). The molecule has 1 amide bonds. The van der Waals surface area contributed by atoms with Gasteiger partial charge in [-0.2, -0.15) is 9.40 Å². The Kier molecular flexibility index (Phi) is 5.84. The van der Waals surface area contributed by atoms with Crippen molar-refractivity contribution in [1.82, 2.24) is 19.0 Å². The van der Waals surface area contributed by atoms with Crippen LogP contribution in [0.5, 0.6) is 0 Å². The number of para-hydroxylation sites is 1. The zero-order chi connectivity index (χ0) is 21.3. The molecule has 10 heteroatoms. The summed E-state index contributed by atoms with van der Waals surface area (Å²) in [6, 6.07) is 13.8. The van der Waals surface area contributed by atoms with Gasteiger partial charge in [-0.15, -0.1) is 0 Å². The Morgan fingerprint density at radius 3 is 2.37 bits per heavy atom. The van der Waals surface area contributed by atoms with Crippen LogP contribution in [0.15, 0.2) is 65.8 Å². The Morgan fingerprint density at radius 1 is 0.967 bits per heavy atom. The molecule has 1 fully saturated rings. The molecule has 30 heavy (non-hydrogen) atoms. The average molecular weight is 465 g/mol. The van der Waals surface area contributed by atoms with Gasteiger partial charge < -0.3 is 4.90 Å². The first-order chi connectivity index (χ1) is 14.4. The zero-order valence-corrected chi connectivity index (χ0v) is 18.1. The number of hydrogen-bond donors (Lipinski definition) is 0. The largest absolute Gasteiger partial charge is 0.336 e. The summed E-state index contributed by atoms with van der Waals surface area (Å²) in [4.78, 5) is 14.4. The highest BCUT2D eigenvalue weighted by Gasteiger charge is 2.32. The number of benzene rings is 2. The minimum Gasteiger partial charge on any atom is -0.336 e. The lowest BCUT2D eigenvalue weighted by Gasteiger charge is -2.34. The lowest BCUT2D eigenvalue weighted by atomic mass is 10.2. The third kappa shape index (κ3) is 4.09. The number of rotatable bonds is 4. The van der Waals surface area contributed by atoms with Crippen molar-refractivity contribution in [3.63, 3.8) is 0 Å². The molecule has 0 spiro atoms. The molecule has 0 N–H and O–H groups in total. The minimum absolute atomic E-state index is 0.0272. The molecule has 7 nitrogen and oxygen atoms in total. The second-order valence-corrected chi connectivity index (χ2v) is 9.53. The fourth-order valence-electron chi connectivity index (χ4n) is 3.28. The van der Waals surface area contributed by atoms with Gasteiger partial charge in [-0.05, 0) is 30.3 Å². The van der Waals surface area contributed by atoms with Crippen LogP contribution in [0.25, 0.3) is 5.69 Å². The van der Waals surface area contributed by atoms with Crippen molar-refractivity contribution in [1.29, 1.82) is 0 Å². The summed E-state index contributed by atoms with van der Waals surface area (Å²) in [6.07, 6.45) is 3.19. The van der Waals surface area contributed by atoms with Crippen LogP contribution in [0.4, 0.5) is 0 Å². The fourth-order valence-corrected chi connectivity index (χ4v) is 5.44. The molecule has 0 atom stereocenters. The summed E-state index contributed by atoms with van der Waals surface area (Å²) in [6.45, 7) is 0.882. The van der Waals surface area contributed by atoms with E-state index in [1.54, 1.807) is 15.8 Å². The van der Waals surface area contributed by atoms with Crippen LogP contribution < -0.4 is 0 Å². The first-order valence-corrected chi connectivity index (χ1v) is 11.4. The lowest BCUT2D eigenvalue weighted by molar-refractivity contribution is 0.0698. The van der Waals surface area contributed by atoms with Gasteiger partial charge >= 0.3 is 0 Å². The van der Waals surface area contributed by atoms with E-state index < -0.39 is 10.0 Å². The van der Waals surface area contributed by atoms with Crippen molar-refractivity contribution >= 4 is 39.1 Å². The molecule has 2 aromatic carbocycles. The number of nitrogens with zero attached hydrogens (tertiary/aromatic N) is 4. The first-order valence-electron chi connectivity index (χ1n) is 9.21. The second-order valence-electron chi connectivity index (χ2n) is 6.78. The predicted octanol–water partition coefficient (Wildman–Crippen LogP) is 3.33. The first kappa shape index (κ1) is 20.9. The van der Waals surface area contributed by atoms with E-state index in [4.69, 9.17) is 23.2 Å². The highest BCUT2D eigenvalue weighted by atomic mass is 35.5. The molecule has 156 valence electrons. The number of carbonyl (C=O) groups is 1. The Morgan fingerprint density at radius 2 is 1.67 bits per heavy atom. The number of amides is 1. The summed E-state index contributed by atoms with van der Waals surface area (Å²) < 4.78 is 28.8. The highest BCUT2D eigenvalue weighted by molar-refractivity contribution is 7.89. The second kappa shape index (κ2) is 8.39. The number of piperazine rings is 1. The topological polar surface area (TPSA) is 75.5 Å². The van der Waals surface area contributed by atoms with Crippen molar-refractivity contribution < 1.29 is 13.2 Å². The van der Waals surface area contributed by atoms with E-state index >= 15 is 0 Å². The summed E-state index contributed by atoms with van der Waals surface area (Å²) in [5, 5.41) is 4.66. The van der Waals surface area contributed by atoms with Gasteiger partial charge in [-0.3, -0.25) is 4.79 Å². The Bertz CT molecular complexity index is 1170. The maximum absolute atomic E-state index is 12.9. The van der Waals surface area contributed by atoms with Gasteiger partial charge in [0, 0.05) is 37.4 Å². The smallest absolute Gasteiger partial charge is 0.257 e. The molecule has 1 saturated heterocycles. The van der Waals surface area contributed by atoms with Gasteiger partial charge in [0.15, 0.2) is 0 Å². The van der Waals surface area contributed by atoms with E-state index in [0.29, 0.717) is 10.6 Å². The summed E-state index contributed by atoms with van der Waals surface area (Å²) in [5.41, 5.74) is 1.30. The third-order valence-electron chi connectivity index (χ3n) is 4.89. The van der Waals surface area contributed by atoms with Gasteiger partial charge in [0.2, 0.25) is 10.0 Å². The number of halogens is 2. The van der Waals surface area contributed by atoms with Crippen LogP contribution in [0.3, 0.4) is 0 Å². The Balaban J connectivity index is 1.45. The van der Waals surface area contributed by atoms with E-state index in [9.17, 15) is 13.2 Å². The SMILES string of the molecule is O=C(c1cnn(-c2ccccc2)c1)N1CCN(S(=O)(=O)c2cc(Cl)ccc2Cl)CC1. The van der Waals surface area contributed by atoms with Gasteiger partial charge in [0.05, 0.1) is 22.5 Å². The maximum Gasteiger partial charge on any atom is 0.257 e. The van der Waals surface area contributed by atoms with Gasteiger partial charge in [0.25, 0.3) is 5.91 Å². The van der Waals surface area contributed by atoms with Gasteiger partial charge in [-0.25, -0.2) is 13.1 Å². The fraction of sp³-hybridized carbons (Fsp3) is 0.200. The lowest BCUT2D eigenvalue weighted by Crippen LogP contribution is -2.50. The van der Waals surface area contributed by atoms with Crippen molar-refractivity contribution in [3.05, 3.63) is 76.5 Å². The quantitative estimate of drug-likeness (QED) is 0.593. The average Bonchev–Trinajstić information content (AvgIpc) is 3.26. The molecule has 0 saturated carbocycles. The van der Waals surface area contributed by atoms with Crippen LogP contribution in [-0.2, 0) is 10.0 Å². The van der Waals surface area contributed by atoms with E-state index in [2.05, 4.69) is 5.10 Å². The van der Waals surface area contributed by atoms with Crippen LogP contribution in [0.2, 0.25) is 10.0 Å². The van der Waals surface area contributed by atoms with Crippen molar-refractivity contribution in [2.45, 2.75) is 4.90 Å².